The first-order chi connectivity index (χ1) is 13.8. The molecular weight excluding hydrogens is 358 g/mol. The molecule has 1 N–H and O–H groups in total. The molecule has 0 aliphatic carbocycles. The first kappa shape index (κ1) is 18.2. The van der Waals surface area contributed by atoms with Crippen LogP contribution in [0.25, 0.3) is 11.1 Å². The van der Waals surface area contributed by atoms with Crippen LogP contribution in [0.2, 0.25) is 0 Å². The van der Waals surface area contributed by atoms with Crippen molar-refractivity contribution in [3.05, 3.63) is 41.9 Å². The molecule has 1 aliphatic heterocycles. The fourth-order valence-electron chi connectivity index (χ4n) is 3.58. The zero-order valence-corrected chi connectivity index (χ0v) is 15.9. The highest BCUT2D eigenvalue weighted by molar-refractivity contribution is 6.04. The van der Waals surface area contributed by atoms with Gasteiger partial charge < -0.3 is 19.5 Å². The van der Waals surface area contributed by atoms with Gasteiger partial charge in [0, 0.05) is 25.3 Å². The summed E-state index contributed by atoms with van der Waals surface area (Å²) in [6, 6.07) is 8.60. The van der Waals surface area contributed by atoms with E-state index in [1.54, 1.807) is 6.92 Å². The minimum Gasteiger partial charge on any atom is -0.461 e. The van der Waals surface area contributed by atoms with Crippen LogP contribution >= 0.6 is 0 Å². The third kappa shape index (κ3) is 3.62. The minimum absolute atomic E-state index is 0.102. The average Bonchev–Trinajstić information content (AvgIpc) is 3.16. The Hall–Kier alpha value is -3.16. The van der Waals surface area contributed by atoms with Gasteiger partial charge in [0.15, 0.2) is 0 Å². The number of esters is 1. The molecule has 28 heavy (non-hydrogen) atoms. The summed E-state index contributed by atoms with van der Waals surface area (Å²) in [5.74, 6) is -0.00243. The molecule has 0 atom stereocenters. The van der Waals surface area contributed by atoms with Crippen molar-refractivity contribution in [1.29, 1.82) is 0 Å². The van der Waals surface area contributed by atoms with Crippen LogP contribution in [0.4, 0.5) is 11.5 Å². The van der Waals surface area contributed by atoms with Gasteiger partial charge in [0.2, 0.25) is 5.69 Å². The minimum atomic E-state index is -0.538. The van der Waals surface area contributed by atoms with Gasteiger partial charge in [-0.3, -0.25) is 0 Å². The fraction of sp³-hybridized carbons (Fsp3) is 0.400. The molecule has 0 spiro atoms. The number of benzene rings is 1. The molecule has 1 aliphatic rings. The summed E-state index contributed by atoms with van der Waals surface area (Å²) < 4.78 is 10.2. The number of hydrogen-bond donors (Lipinski definition) is 1. The Morgan fingerprint density at radius 3 is 3.11 bits per heavy atom. The Labute approximate surface area is 162 Å². The lowest BCUT2D eigenvalue weighted by Gasteiger charge is -2.31. The number of nitrogens with zero attached hydrogens (tertiary/aromatic N) is 4. The first-order valence-electron chi connectivity index (χ1n) is 9.62. The van der Waals surface area contributed by atoms with Gasteiger partial charge in [-0.1, -0.05) is 23.4 Å². The van der Waals surface area contributed by atoms with Crippen LogP contribution in [0.5, 0.6) is 0 Å². The molecule has 8 heteroatoms. The van der Waals surface area contributed by atoms with Crippen molar-refractivity contribution in [3.8, 4) is 0 Å². The number of anilines is 2. The maximum Gasteiger partial charge on any atom is 0.361 e. The number of hydrogen-bond acceptors (Lipinski definition) is 8. The summed E-state index contributed by atoms with van der Waals surface area (Å²) in [4.78, 5) is 22.8. The van der Waals surface area contributed by atoms with E-state index in [1.165, 1.54) is 24.0 Å². The third-order valence-electron chi connectivity index (χ3n) is 4.85. The summed E-state index contributed by atoms with van der Waals surface area (Å²) in [7, 11) is 0. The Bertz CT molecular complexity index is 971. The molecule has 4 rings (SSSR count). The van der Waals surface area contributed by atoms with Crippen molar-refractivity contribution in [3.63, 3.8) is 0 Å². The van der Waals surface area contributed by atoms with Crippen LogP contribution in [-0.2, 0) is 11.2 Å². The molecule has 0 amide bonds. The van der Waals surface area contributed by atoms with E-state index in [2.05, 4.69) is 49.6 Å². The highest BCUT2D eigenvalue weighted by atomic mass is 16.5. The molecule has 1 aromatic carbocycles. The maximum absolute atomic E-state index is 12.1. The standard InChI is InChI=1S/C20H23N5O3/c1-2-27-20(26)17-16-18(22-13-23-19(16)28-24-17)21-10-6-12-25-11-5-8-14-7-3-4-9-15(14)25/h3-4,7,9,13H,2,5-6,8,10-12H2,1H3,(H,21,22,23). The fourth-order valence-corrected chi connectivity index (χ4v) is 3.58. The van der Waals surface area contributed by atoms with E-state index in [9.17, 15) is 4.79 Å². The van der Waals surface area contributed by atoms with Gasteiger partial charge in [-0.05, 0) is 37.8 Å². The lowest BCUT2D eigenvalue weighted by atomic mass is 10.0. The van der Waals surface area contributed by atoms with Gasteiger partial charge in [-0.25, -0.2) is 9.78 Å². The number of carbonyl (C=O) groups is 1. The molecule has 0 unspecified atom stereocenters. The topological polar surface area (TPSA) is 93.4 Å². The molecule has 0 saturated heterocycles. The van der Waals surface area contributed by atoms with Crippen molar-refractivity contribution in [2.75, 3.05) is 36.5 Å². The van der Waals surface area contributed by atoms with Crippen LogP contribution in [0.1, 0.15) is 35.8 Å². The number of ether oxygens (including phenoxy) is 1. The second-order valence-electron chi connectivity index (χ2n) is 6.65. The Morgan fingerprint density at radius 1 is 1.32 bits per heavy atom. The van der Waals surface area contributed by atoms with E-state index in [0.717, 1.165) is 25.9 Å². The third-order valence-corrected chi connectivity index (χ3v) is 4.85. The van der Waals surface area contributed by atoms with Crippen LogP contribution in [0.3, 0.4) is 0 Å². The Morgan fingerprint density at radius 2 is 2.21 bits per heavy atom. The molecule has 0 bridgehead atoms. The number of carbonyl (C=O) groups excluding carboxylic acids is 1. The maximum atomic E-state index is 12.1. The number of rotatable bonds is 7. The molecule has 3 heterocycles. The van der Waals surface area contributed by atoms with E-state index < -0.39 is 5.97 Å². The monoisotopic (exact) mass is 381 g/mol. The molecule has 3 aromatic rings. The van der Waals surface area contributed by atoms with Gasteiger partial charge in [0.05, 0.1) is 6.61 Å². The first-order valence-corrected chi connectivity index (χ1v) is 9.62. The van der Waals surface area contributed by atoms with Gasteiger partial charge in [-0.2, -0.15) is 4.98 Å². The van der Waals surface area contributed by atoms with Crippen LogP contribution < -0.4 is 10.2 Å². The summed E-state index contributed by atoms with van der Waals surface area (Å²) in [5, 5.41) is 7.55. The number of aryl methyl sites for hydroxylation is 1. The SMILES string of the molecule is CCOC(=O)c1noc2ncnc(NCCCN3CCCc4ccccc43)c12. The van der Waals surface area contributed by atoms with E-state index in [4.69, 9.17) is 9.26 Å². The largest absolute Gasteiger partial charge is 0.461 e. The summed E-state index contributed by atoms with van der Waals surface area (Å²) in [6.07, 6.45) is 4.65. The molecule has 0 saturated carbocycles. The normalized spacial score (nSPS) is 13.4. The predicted octanol–water partition coefficient (Wildman–Crippen LogP) is 3.05. The highest BCUT2D eigenvalue weighted by Crippen LogP contribution is 2.27. The van der Waals surface area contributed by atoms with Gasteiger partial charge >= 0.3 is 5.97 Å². The molecule has 0 radical (unpaired) electrons. The van der Waals surface area contributed by atoms with E-state index >= 15 is 0 Å². The predicted molar refractivity (Wildman–Crippen MR) is 106 cm³/mol. The second kappa shape index (κ2) is 8.24. The molecular formula is C20H23N5O3. The van der Waals surface area contributed by atoms with Crippen molar-refractivity contribution in [2.24, 2.45) is 0 Å². The van der Waals surface area contributed by atoms with Crippen LogP contribution in [-0.4, -0.2) is 47.3 Å². The summed E-state index contributed by atoms with van der Waals surface area (Å²) >= 11 is 0. The van der Waals surface area contributed by atoms with E-state index in [0.29, 0.717) is 17.7 Å². The van der Waals surface area contributed by atoms with Crippen LogP contribution in [0.15, 0.2) is 35.1 Å². The van der Waals surface area contributed by atoms with Gasteiger partial charge in [-0.15, -0.1) is 0 Å². The number of para-hydroxylation sites is 1. The quantitative estimate of drug-likeness (QED) is 0.493. The number of nitrogens with one attached hydrogen (secondary N) is 1. The average molecular weight is 381 g/mol. The lowest BCUT2D eigenvalue weighted by Crippen LogP contribution is -2.31. The van der Waals surface area contributed by atoms with Crippen molar-refractivity contribution >= 4 is 28.6 Å². The zero-order chi connectivity index (χ0) is 19.3. The van der Waals surface area contributed by atoms with E-state index in [-0.39, 0.29) is 18.0 Å². The summed E-state index contributed by atoms with van der Waals surface area (Å²) in [5.41, 5.74) is 3.12. The van der Waals surface area contributed by atoms with Crippen molar-refractivity contribution < 1.29 is 14.1 Å². The molecule has 8 nitrogen and oxygen atoms in total. The Balaban J connectivity index is 1.41. The van der Waals surface area contributed by atoms with Gasteiger partial charge in [0.25, 0.3) is 5.71 Å². The van der Waals surface area contributed by atoms with Gasteiger partial charge in [0.1, 0.15) is 17.5 Å². The molecule has 146 valence electrons. The lowest BCUT2D eigenvalue weighted by molar-refractivity contribution is 0.0517. The number of aromatic nitrogens is 3. The summed E-state index contributed by atoms with van der Waals surface area (Å²) in [6.45, 7) is 4.74. The smallest absolute Gasteiger partial charge is 0.361 e. The zero-order valence-electron chi connectivity index (χ0n) is 15.9. The van der Waals surface area contributed by atoms with Crippen molar-refractivity contribution in [1.82, 2.24) is 15.1 Å². The molecule has 0 fully saturated rings. The highest BCUT2D eigenvalue weighted by Gasteiger charge is 2.22. The Kier molecular flexibility index (Phi) is 5.36. The number of fused-ring (bicyclic) bond motifs is 2. The van der Waals surface area contributed by atoms with E-state index in [1.807, 2.05) is 0 Å². The van der Waals surface area contributed by atoms with Crippen LogP contribution in [0, 0.1) is 0 Å². The van der Waals surface area contributed by atoms with Crippen molar-refractivity contribution in [2.45, 2.75) is 26.2 Å². The second-order valence-corrected chi connectivity index (χ2v) is 6.65. The molecule has 2 aromatic heterocycles.